The lowest BCUT2D eigenvalue weighted by Crippen LogP contribution is -2.35. The summed E-state index contributed by atoms with van der Waals surface area (Å²) in [4.78, 5) is 17.8. The summed E-state index contributed by atoms with van der Waals surface area (Å²) in [7, 11) is 0. The molecule has 0 spiro atoms. The van der Waals surface area contributed by atoms with E-state index in [1.165, 1.54) is 6.20 Å². The zero-order valence-corrected chi connectivity index (χ0v) is 7.76. The third-order valence-electron chi connectivity index (χ3n) is 2.17. The zero-order valence-electron chi connectivity index (χ0n) is 7.76. The number of carboxylic acid groups (broad SMARTS) is 1. The molecule has 80 valence electrons. The molecular formula is C9H9FN2O3. The molecule has 0 aromatic carbocycles. The van der Waals surface area contributed by atoms with E-state index in [1.54, 1.807) is 0 Å². The van der Waals surface area contributed by atoms with E-state index < -0.39 is 12.1 Å². The first-order valence-corrected chi connectivity index (χ1v) is 4.51. The molecule has 1 fully saturated rings. The minimum absolute atomic E-state index is 0.140. The van der Waals surface area contributed by atoms with E-state index in [4.69, 9.17) is 9.84 Å². The highest BCUT2D eigenvalue weighted by Gasteiger charge is 2.31. The number of rotatable bonds is 3. The fourth-order valence-corrected chi connectivity index (χ4v) is 1.26. The number of alkyl halides is 1. The molecule has 0 radical (unpaired) electrons. The summed E-state index contributed by atoms with van der Waals surface area (Å²) in [5.41, 5.74) is -0.140. The lowest BCUT2D eigenvalue weighted by Gasteiger charge is -2.29. The Morgan fingerprint density at radius 2 is 2.20 bits per heavy atom. The monoisotopic (exact) mass is 212 g/mol. The van der Waals surface area contributed by atoms with Crippen molar-refractivity contribution in [3.05, 3.63) is 18.1 Å². The van der Waals surface area contributed by atoms with Crippen molar-refractivity contribution in [2.45, 2.75) is 25.1 Å². The Morgan fingerprint density at radius 1 is 1.47 bits per heavy atom. The molecule has 0 saturated heterocycles. The summed E-state index contributed by atoms with van der Waals surface area (Å²) >= 11 is 0. The topological polar surface area (TPSA) is 72.3 Å². The Labute approximate surface area is 84.9 Å². The predicted molar refractivity (Wildman–Crippen MR) is 47.5 cm³/mol. The van der Waals surface area contributed by atoms with Crippen LogP contribution in [0, 0.1) is 0 Å². The Balaban J connectivity index is 1.95. The normalized spacial score (nSPS) is 24.3. The van der Waals surface area contributed by atoms with Crippen LogP contribution in [0.1, 0.15) is 23.3 Å². The number of nitrogens with zero attached hydrogens (tertiary/aromatic N) is 2. The fraction of sp³-hybridized carbons (Fsp3) is 0.444. The molecule has 1 aliphatic carbocycles. The maximum atomic E-state index is 12.4. The second-order valence-electron chi connectivity index (χ2n) is 3.35. The lowest BCUT2D eigenvalue weighted by atomic mass is 9.94. The van der Waals surface area contributed by atoms with Gasteiger partial charge in [-0.1, -0.05) is 0 Å². The molecule has 1 aromatic heterocycles. The Bertz CT molecular complexity index is 362. The van der Waals surface area contributed by atoms with Gasteiger partial charge in [-0.05, 0) is 0 Å². The van der Waals surface area contributed by atoms with Crippen molar-refractivity contribution in [3.8, 4) is 5.88 Å². The van der Waals surface area contributed by atoms with Crippen molar-refractivity contribution in [3.63, 3.8) is 0 Å². The van der Waals surface area contributed by atoms with Crippen LogP contribution in [0.3, 0.4) is 0 Å². The molecule has 0 atom stereocenters. The third-order valence-corrected chi connectivity index (χ3v) is 2.17. The molecule has 5 nitrogen and oxygen atoms in total. The van der Waals surface area contributed by atoms with Crippen molar-refractivity contribution in [1.82, 2.24) is 9.97 Å². The van der Waals surface area contributed by atoms with E-state index in [-0.39, 0.29) is 17.7 Å². The van der Waals surface area contributed by atoms with Gasteiger partial charge in [-0.3, -0.25) is 0 Å². The van der Waals surface area contributed by atoms with Crippen LogP contribution in [0.15, 0.2) is 12.4 Å². The predicted octanol–water partition coefficient (Wildman–Crippen LogP) is 1.05. The van der Waals surface area contributed by atoms with E-state index in [0.717, 1.165) is 6.20 Å². The first kappa shape index (κ1) is 9.82. The van der Waals surface area contributed by atoms with Crippen LogP contribution in [0.5, 0.6) is 5.88 Å². The van der Waals surface area contributed by atoms with Gasteiger partial charge in [-0.2, -0.15) is 0 Å². The molecule has 1 aliphatic rings. The molecular weight excluding hydrogens is 203 g/mol. The summed E-state index contributed by atoms with van der Waals surface area (Å²) < 4.78 is 17.7. The van der Waals surface area contributed by atoms with E-state index in [0.29, 0.717) is 12.8 Å². The standard InChI is InChI=1S/C9H9FN2O3/c10-5-1-6(2-5)15-8-4-11-7(3-12-8)9(13)14/h3-6H,1-2H2,(H,13,14). The van der Waals surface area contributed by atoms with Gasteiger partial charge in [0, 0.05) is 12.8 Å². The van der Waals surface area contributed by atoms with Gasteiger partial charge in [0.15, 0.2) is 5.69 Å². The van der Waals surface area contributed by atoms with E-state index >= 15 is 0 Å². The largest absolute Gasteiger partial charge is 0.476 e. The van der Waals surface area contributed by atoms with E-state index in [2.05, 4.69) is 9.97 Å². The van der Waals surface area contributed by atoms with Crippen molar-refractivity contribution >= 4 is 5.97 Å². The van der Waals surface area contributed by atoms with Gasteiger partial charge in [0.05, 0.1) is 12.4 Å². The second kappa shape index (κ2) is 3.80. The van der Waals surface area contributed by atoms with Crippen LogP contribution >= 0.6 is 0 Å². The van der Waals surface area contributed by atoms with Gasteiger partial charge in [-0.15, -0.1) is 0 Å². The van der Waals surface area contributed by atoms with Crippen molar-refractivity contribution in [2.75, 3.05) is 0 Å². The highest BCUT2D eigenvalue weighted by atomic mass is 19.1. The number of carbonyl (C=O) groups is 1. The van der Waals surface area contributed by atoms with Crippen LogP contribution in [0.25, 0.3) is 0 Å². The molecule has 0 bridgehead atoms. The molecule has 0 unspecified atom stereocenters. The molecule has 1 N–H and O–H groups in total. The maximum Gasteiger partial charge on any atom is 0.356 e. The summed E-state index contributed by atoms with van der Waals surface area (Å²) in [6.45, 7) is 0. The van der Waals surface area contributed by atoms with Crippen LogP contribution in [-0.4, -0.2) is 33.3 Å². The molecule has 1 aromatic rings. The number of hydrogen-bond acceptors (Lipinski definition) is 4. The van der Waals surface area contributed by atoms with Crippen LogP contribution < -0.4 is 4.74 Å². The van der Waals surface area contributed by atoms with Gasteiger partial charge in [0.1, 0.15) is 12.3 Å². The summed E-state index contributed by atoms with van der Waals surface area (Å²) in [5.74, 6) is -0.904. The van der Waals surface area contributed by atoms with Crippen molar-refractivity contribution < 1.29 is 19.0 Å². The summed E-state index contributed by atoms with van der Waals surface area (Å²) in [6.07, 6.45) is 2.12. The Hall–Kier alpha value is -1.72. The van der Waals surface area contributed by atoms with Gasteiger partial charge >= 0.3 is 5.97 Å². The quantitative estimate of drug-likeness (QED) is 0.810. The van der Waals surface area contributed by atoms with E-state index in [1.807, 2.05) is 0 Å². The lowest BCUT2D eigenvalue weighted by molar-refractivity contribution is 0.0374. The van der Waals surface area contributed by atoms with Gasteiger partial charge in [-0.25, -0.2) is 19.2 Å². The summed E-state index contributed by atoms with van der Waals surface area (Å²) in [5, 5.41) is 8.56. The van der Waals surface area contributed by atoms with Crippen molar-refractivity contribution in [2.24, 2.45) is 0 Å². The third kappa shape index (κ3) is 2.20. The Kier molecular flexibility index (Phi) is 2.49. The molecule has 0 amide bonds. The number of aromatic carboxylic acids is 1. The number of halogens is 1. The number of aromatic nitrogens is 2. The molecule has 1 heterocycles. The minimum Gasteiger partial charge on any atom is -0.476 e. The highest BCUT2D eigenvalue weighted by Crippen LogP contribution is 2.26. The second-order valence-corrected chi connectivity index (χ2v) is 3.35. The SMILES string of the molecule is O=C(O)c1cnc(OC2CC(F)C2)cn1. The summed E-state index contributed by atoms with van der Waals surface area (Å²) in [6, 6.07) is 0. The number of carboxylic acids is 1. The molecule has 15 heavy (non-hydrogen) atoms. The first-order valence-electron chi connectivity index (χ1n) is 4.51. The Morgan fingerprint density at radius 3 is 2.67 bits per heavy atom. The van der Waals surface area contributed by atoms with Gasteiger partial charge < -0.3 is 9.84 Å². The van der Waals surface area contributed by atoms with Crippen molar-refractivity contribution in [1.29, 1.82) is 0 Å². The van der Waals surface area contributed by atoms with Crippen LogP contribution in [0.2, 0.25) is 0 Å². The van der Waals surface area contributed by atoms with Gasteiger partial charge in [0.2, 0.25) is 5.88 Å². The highest BCUT2D eigenvalue weighted by molar-refractivity contribution is 5.84. The first-order chi connectivity index (χ1) is 7.15. The molecule has 2 rings (SSSR count). The van der Waals surface area contributed by atoms with Gasteiger partial charge in [0.25, 0.3) is 0 Å². The average molecular weight is 212 g/mol. The fourth-order valence-electron chi connectivity index (χ4n) is 1.26. The smallest absolute Gasteiger partial charge is 0.356 e. The minimum atomic E-state index is -1.14. The number of ether oxygens (including phenoxy) is 1. The number of hydrogen-bond donors (Lipinski definition) is 1. The molecule has 1 saturated carbocycles. The maximum absolute atomic E-state index is 12.4. The molecule has 0 aliphatic heterocycles. The molecule has 6 heteroatoms. The van der Waals surface area contributed by atoms with Crippen LogP contribution in [-0.2, 0) is 0 Å². The van der Waals surface area contributed by atoms with Crippen LogP contribution in [0.4, 0.5) is 4.39 Å². The average Bonchev–Trinajstić information content (AvgIpc) is 2.16. The van der Waals surface area contributed by atoms with E-state index in [9.17, 15) is 9.18 Å². The zero-order chi connectivity index (χ0) is 10.8.